The fourth-order valence-corrected chi connectivity index (χ4v) is 2.02. The summed E-state index contributed by atoms with van der Waals surface area (Å²) in [7, 11) is 0. The van der Waals surface area contributed by atoms with Crippen LogP contribution in [-0.2, 0) is 13.0 Å². The molecule has 0 aliphatic carbocycles. The lowest BCUT2D eigenvalue weighted by Crippen LogP contribution is -2.13. The van der Waals surface area contributed by atoms with E-state index in [0.717, 1.165) is 42.9 Å². The predicted molar refractivity (Wildman–Crippen MR) is 69.7 cm³/mol. The molecule has 0 aliphatic rings. The summed E-state index contributed by atoms with van der Waals surface area (Å²) in [6.07, 6.45) is 3.88. The molecule has 0 saturated carbocycles. The van der Waals surface area contributed by atoms with Gasteiger partial charge in [0.2, 0.25) is 0 Å². The fourth-order valence-electron chi connectivity index (χ4n) is 2.02. The number of imidazole rings is 1. The Kier molecular flexibility index (Phi) is 3.74. The fraction of sp³-hybridized carbons (Fsp3) is 0.538. The third-order valence-corrected chi connectivity index (χ3v) is 3.16. The molecule has 4 heteroatoms. The first kappa shape index (κ1) is 12.0. The van der Waals surface area contributed by atoms with Crippen LogP contribution in [-0.4, -0.2) is 21.1 Å². The lowest BCUT2D eigenvalue weighted by Gasteiger charge is -2.08. The van der Waals surface area contributed by atoms with Crippen molar-refractivity contribution in [3.8, 4) is 0 Å². The van der Waals surface area contributed by atoms with Gasteiger partial charge in [-0.15, -0.1) is 0 Å². The minimum Gasteiger partial charge on any atom is -0.330 e. The van der Waals surface area contributed by atoms with Gasteiger partial charge in [-0.2, -0.15) is 0 Å². The van der Waals surface area contributed by atoms with E-state index in [1.54, 1.807) is 0 Å². The number of fused-ring (bicyclic) bond motifs is 1. The zero-order valence-corrected chi connectivity index (χ0v) is 10.6. The van der Waals surface area contributed by atoms with Crippen molar-refractivity contribution in [2.45, 2.75) is 33.2 Å². The summed E-state index contributed by atoms with van der Waals surface area (Å²) < 4.78 is 2.19. The average Bonchev–Trinajstić information content (AvgIpc) is 2.73. The number of hydrogen-bond acceptors (Lipinski definition) is 3. The van der Waals surface area contributed by atoms with E-state index in [4.69, 9.17) is 5.73 Å². The van der Waals surface area contributed by atoms with Crippen LogP contribution in [0.5, 0.6) is 0 Å². The van der Waals surface area contributed by atoms with Crippen molar-refractivity contribution in [3.63, 3.8) is 0 Å². The predicted octanol–water partition coefficient (Wildman–Crippen LogP) is 1.98. The highest BCUT2D eigenvalue weighted by atomic mass is 15.1. The van der Waals surface area contributed by atoms with Crippen LogP contribution in [0.3, 0.4) is 0 Å². The van der Waals surface area contributed by atoms with Gasteiger partial charge in [-0.3, -0.25) is 0 Å². The second-order valence-corrected chi connectivity index (χ2v) is 4.50. The highest BCUT2D eigenvalue weighted by Gasteiger charge is 2.10. The molecule has 0 radical (unpaired) electrons. The smallest absolute Gasteiger partial charge is 0.159 e. The Hall–Kier alpha value is -1.42. The van der Waals surface area contributed by atoms with E-state index in [9.17, 15) is 0 Å². The molecular weight excluding hydrogens is 212 g/mol. The summed E-state index contributed by atoms with van der Waals surface area (Å²) in [5.74, 6) is 1.68. The Bertz CT molecular complexity index is 489. The zero-order valence-electron chi connectivity index (χ0n) is 10.6. The van der Waals surface area contributed by atoms with Gasteiger partial charge < -0.3 is 10.3 Å². The van der Waals surface area contributed by atoms with Gasteiger partial charge in [-0.25, -0.2) is 9.97 Å². The highest BCUT2D eigenvalue weighted by Crippen LogP contribution is 2.16. The molecule has 2 N–H and O–H groups in total. The second-order valence-electron chi connectivity index (χ2n) is 4.50. The van der Waals surface area contributed by atoms with Gasteiger partial charge in [0, 0.05) is 19.2 Å². The molecule has 0 aromatic carbocycles. The van der Waals surface area contributed by atoms with Crippen LogP contribution in [0.2, 0.25) is 0 Å². The molecule has 17 heavy (non-hydrogen) atoms. The molecule has 0 aliphatic heterocycles. The maximum atomic E-state index is 5.64. The standard InChI is InChI=1S/C13H20N4/c1-3-17-12(7-6-10(2)9-14)16-11-5-4-8-15-13(11)17/h4-5,8,10H,3,6-7,9,14H2,1-2H3. The van der Waals surface area contributed by atoms with E-state index >= 15 is 0 Å². The van der Waals surface area contributed by atoms with Crippen molar-refractivity contribution in [3.05, 3.63) is 24.2 Å². The topological polar surface area (TPSA) is 56.7 Å². The van der Waals surface area contributed by atoms with Gasteiger partial charge in [-0.05, 0) is 37.9 Å². The monoisotopic (exact) mass is 232 g/mol. The number of nitrogens with two attached hydrogens (primary N) is 1. The first-order valence-corrected chi connectivity index (χ1v) is 6.26. The SMILES string of the molecule is CCn1c(CCC(C)CN)nc2cccnc21. The van der Waals surface area contributed by atoms with Crippen LogP contribution in [0.1, 0.15) is 26.1 Å². The number of nitrogens with zero attached hydrogens (tertiary/aromatic N) is 3. The van der Waals surface area contributed by atoms with Crippen LogP contribution in [0.4, 0.5) is 0 Å². The van der Waals surface area contributed by atoms with Gasteiger partial charge in [0.1, 0.15) is 11.3 Å². The third kappa shape index (κ3) is 2.47. The summed E-state index contributed by atoms with van der Waals surface area (Å²) in [5.41, 5.74) is 7.62. The van der Waals surface area contributed by atoms with E-state index in [-0.39, 0.29) is 0 Å². The minimum absolute atomic E-state index is 0.549. The molecule has 2 heterocycles. The zero-order chi connectivity index (χ0) is 12.3. The van der Waals surface area contributed by atoms with Crippen molar-refractivity contribution < 1.29 is 0 Å². The molecule has 2 aromatic rings. The molecule has 0 saturated heterocycles. The van der Waals surface area contributed by atoms with E-state index in [1.165, 1.54) is 0 Å². The first-order valence-electron chi connectivity index (χ1n) is 6.26. The Morgan fingerprint density at radius 2 is 2.29 bits per heavy atom. The molecule has 2 aromatic heterocycles. The largest absolute Gasteiger partial charge is 0.330 e. The normalized spacial score (nSPS) is 13.1. The molecular formula is C13H20N4. The van der Waals surface area contributed by atoms with E-state index in [0.29, 0.717) is 5.92 Å². The summed E-state index contributed by atoms with van der Waals surface area (Å²) in [4.78, 5) is 9.05. The Balaban J connectivity index is 2.27. The first-order chi connectivity index (χ1) is 8.26. The number of aryl methyl sites for hydroxylation is 2. The molecule has 0 amide bonds. The summed E-state index contributed by atoms with van der Waals surface area (Å²) in [6, 6.07) is 3.95. The van der Waals surface area contributed by atoms with Crippen LogP contribution < -0.4 is 5.73 Å². The van der Waals surface area contributed by atoms with Crippen LogP contribution in [0.15, 0.2) is 18.3 Å². The summed E-state index contributed by atoms with van der Waals surface area (Å²) in [5, 5.41) is 0. The number of aromatic nitrogens is 3. The molecule has 0 bridgehead atoms. The summed E-state index contributed by atoms with van der Waals surface area (Å²) >= 11 is 0. The van der Waals surface area contributed by atoms with E-state index in [1.807, 2.05) is 18.3 Å². The molecule has 0 fully saturated rings. The lowest BCUT2D eigenvalue weighted by atomic mass is 10.1. The van der Waals surface area contributed by atoms with Crippen LogP contribution >= 0.6 is 0 Å². The maximum Gasteiger partial charge on any atom is 0.159 e. The second kappa shape index (κ2) is 5.27. The molecule has 4 nitrogen and oxygen atoms in total. The number of pyridine rings is 1. The van der Waals surface area contributed by atoms with Crippen molar-refractivity contribution in [2.24, 2.45) is 11.7 Å². The lowest BCUT2D eigenvalue weighted by molar-refractivity contribution is 0.526. The van der Waals surface area contributed by atoms with Crippen molar-refractivity contribution >= 4 is 11.2 Å². The van der Waals surface area contributed by atoms with Crippen molar-refractivity contribution in [1.29, 1.82) is 0 Å². The van der Waals surface area contributed by atoms with Gasteiger partial charge in [0.25, 0.3) is 0 Å². The highest BCUT2D eigenvalue weighted by molar-refractivity contribution is 5.71. The van der Waals surface area contributed by atoms with Gasteiger partial charge in [0.15, 0.2) is 5.65 Å². The number of hydrogen-bond donors (Lipinski definition) is 1. The van der Waals surface area contributed by atoms with E-state index in [2.05, 4.69) is 28.4 Å². The average molecular weight is 232 g/mol. The van der Waals surface area contributed by atoms with Crippen LogP contribution in [0, 0.1) is 5.92 Å². The van der Waals surface area contributed by atoms with Crippen LogP contribution in [0.25, 0.3) is 11.2 Å². The Morgan fingerprint density at radius 1 is 1.47 bits per heavy atom. The molecule has 2 rings (SSSR count). The van der Waals surface area contributed by atoms with Gasteiger partial charge in [0.05, 0.1) is 0 Å². The summed E-state index contributed by atoms with van der Waals surface area (Å²) in [6.45, 7) is 5.97. The van der Waals surface area contributed by atoms with Crippen molar-refractivity contribution in [1.82, 2.24) is 14.5 Å². The minimum atomic E-state index is 0.549. The molecule has 92 valence electrons. The van der Waals surface area contributed by atoms with Crippen molar-refractivity contribution in [2.75, 3.05) is 6.54 Å². The maximum absolute atomic E-state index is 5.64. The Labute approximate surface area is 102 Å². The molecule has 1 unspecified atom stereocenters. The number of rotatable bonds is 5. The van der Waals surface area contributed by atoms with E-state index < -0.39 is 0 Å². The quantitative estimate of drug-likeness (QED) is 0.857. The third-order valence-electron chi connectivity index (χ3n) is 3.16. The van der Waals surface area contributed by atoms with Gasteiger partial charge >= 0.3 is 0 Å². The molecule has 1 atom stereocenters. The Morgan fingerprint density at radius 3 is 3.00 bits per heavy atom. The van der Waals surface area contributed by atoms with Gasteiger partial charge in [-0.1, -0.05) is 6.92 Å². The molecule has 0 spiro atoms.